The SMILES string of the molecule is Cc1cncc(C(=O)N2CCCC(O)(COc3cc(C)ccc3Cl)CC2)c1. The lowest BCUT2D eigenvalue weighted by molar-refractivity contribution is -0.0163. The molecule has 6 heteroatoms. The van der Waals surface area contributed by atoms with Crippen LogP contribution in [0.4, 0.5) is 0 Å². The van der Waals surface area contributed by atoms with E-state index in [4.69, 9.17) is 16.3 Å². The maximum atomic E-state index is 12.7. The molecule has 0 aliphatic carbocycles. The first kappa shape index (κ1) is 19.6. The van der Waals surface area contributed by atoms with Gasteiger partial charge in [-0.25, -0.2) is 0 Å². The molecule has 1 fully saturated rings. The Balaban J connectivity index is 1.63. The van der Waals surface area contributed by atoms with Crippen LogP contribution in [0.2, 0.25) is 5.02 Å². The molecule has 1 aliphatic rings. The Kier molecular flexibility index (Phi) is 6.02. The molecule has 1 unspecified atom stereocenters. The monoisotopic (exact) mass is 388 g/mol. The van der Waals surface area contributed by atoms with E-state index in [0.717, 1.165) is 11.1 Å². The van der Waals surface area contributed by atoms with E-state index >= 15 is 0 Å². The summed E-state index contributed by atoms with van der Waals surface area (Å²) in [6.45, 7) is 5.13. The summed E-state index contributed by atoms with van der Waals surface area (Å²) in [5, 5.41) is 11.5. The van der Waals surface area contributed by atoms with E-state index in [1.54, 1.807) is 23.4 Å². The molecule has 27 heavy (non-hydrogen) atoms. The first-order valence-electron chi connectivity index (χ1n) is 9.19. The first-order chi connectivity index (χ1) is 12.9. The molecule has 0 radical (unpaired) electrons. The summed E-state index contributed by atoms with van der Waals surface area (Å²) >= 11 is 6.17. The van der Waals surface area contributed by atoms with Gasteiger partial charge < -0.3 is 14.7 Å². The number of rotatable bonds is 4. The van der Waals surface area contributed by atoms with E-state index in [2.05, 4.69) is 4.98 Å². The molecular weight excluding hydrogens is 364 g/mol. The highest BCUT2D eigenvalue weighted by molar-refractivity contribution is 6.32. The van der Waals surface area contributed by atoms with Crippen LogP contribution in [-0.2, 0) is 0 Å². The van der Waals surface area contributed by atoms with Crippen LogP contribution >= 0.6 is 11.6 Å². The topological polar surface area (TPSA) is 62.7 Å². The molecule has 0 spiro atoms. The molecule has 0 bridgehead atoms. The number of carbonyl (C=O) groups excluding carboxylic acids is 1. The van der Waals surface area contributed by atoms with E-state index in [-0.39, 0.29) is 12.5 Å². The summed E-state index contributed by atoms with van der Waals surface area (Å²) in [5.41, 5.74) is 1.61. The Morgan fingerprint density at radius 2 is 2.04 bits per heavy atom. The summed E-state index contributed by atoms with van der Waals surface area (Å²) in [7, 11) is 0. The quantitative estimate of drug-likeness (QED) is 0.865. The predicted octanol–water partition coefficient (Wildman–Crippen LogP) is 3.79. The molecule has 2 heterocycles. The molecule has 2 aromatic rings. The van der Waals surface area contributed by atoms with Gasteiger partial charge in [-0.05, 0) is 62.4 Å². The molecule has 1 amide bonds. The zero-order valence-electron chi connectivity index (χ0n) is 15.7. The number of carbonyl (C=O) groups is 1. The fourth-order valence-electron chi connectivity index (χ4n) is 3.31. The van der Waals surface area contributed by atoms with Gasteiger partial charge in [0.05, 0.1) is 10.6 Å². The number of benzene rings is 1. The van der Waals surface area contributed by atoms with Gasteiger partial charge in [-0.1, -0.05) is 17.7 Å². The largest absolute Gasteiger partial charge is 0.489 e. The number of amides is 1. The van der Waals surface area contributed by atoms with Crippen molar-refractivity contribution in [3.63, 3.8) is 0 Å². The number of hydrogen-bond acceptors (Lipinski definition) is 4. The van der Waals surface area contributed by atoms with Crippen LogP contribution in [0.15, 0.2) is 36.7 Å². The Labute approximate surface area is 164 Å². The second kappa shape index (κ2) is 8.28. The Morgan fingerprint density at radius 1 is 1.22 bits per heavy atom. The molecule has 1 aromatic carbocycles. The second-order valence-corrected chi connectivity index (χ2v) is 7.75. The van der Waals surface area contributed by atoms with E-state index in [0.29, 0.717) is 48.7 Å². The van der Waals surface area contributed by atoms with Crippen molar-refractivity contribution in [1.29, 1.82) is 0 Å². The lowest BCUT2D eigenvalue weighted by Crippen LogP contribution is -2.38. The summed E-state index contributed by atoms with van der Waals surface area (Å²) in [6.07, 6.45) is 5.07. The number of nitrogens with zero attached hydrogens (tertiary/aromatic N) is 2. The van der Waals surface area contributed by atoms with E-state index < -0.39 is 5.60 Å². The fourth-order valence-corrected chi connectivity index (χ4v) is 3.49. The third-order valence-corrected chi connectivity index (χ3v) is 5.22. The number of hydrogen-bond donors (Lipinski definition) is 1. The van der Waals surface area contributed by atoms with Gasteiger partial charge in [-0.15, -0.1) is 0 Å². The van der Waals surface area contributed by atoms with Crippen LogP contribution in [0.25, 0.3) is 0 Å². The van der Waals surface area contributed by atoms with Gasteiger partial charge in [0.15, 0.2) is 0 Å². The predicted molar refractivity (Wildman–Crippen MR) is 105 cm³/mol. The van der Waals surface area contributed by atoms with Crippen molar-refractivity contribution in [1.82, 2.24) is 9.88 Å². The summed E-state index contributed by atoms with van der Waals surface area (Å²) in [4.78, 5) is 18.6. The number of ether oxygens (including phenoxy) is 1. The minimum atomic E-state index is -0.979. The number of aromatic nitrogens is 1. The maximum Gasteiger partial charge on any atom is 0.255 e. The smallest absolute Gasteiger partial charge is 0.255 e. The summed E-state index contributed by atoms with van der Waals surface area (Å²) in [5.74, 6) is 0.534. The first-order valence-corrected chi connectivity index (χ1v) is 9.56. The highest BCUT2D eigenvalue weighted by Crippen LogP contribution is 2.29. The number of pyridine rings is 1. The standard InChI is InChI=1S/C21H25ClN2O3/c1-15-4-5-18(22)19(11-15)27-14-21(26)6-3-8-24(9-7-21)20(25)17-10-16(2)12-23-13-17/h4-5,10-13,26H,3,6-9,14H2,1-2H3. The lowest BCUT2D eigenvalue weighted by Gasteiger charge is -2.27. The Bertz CT molecular complexity index is 827. The van der Waals surface area contributed by atoms with E-state index in [1.165, 1.54) is 0 Å². The van der Waals surface area contributed by atoms with E-state index in [1.807, 2.05) is 32.0 Å². The Morgan fingerprint density at radius 3 is 2.81 bits per heavy atom. The molecule has 3 rings (SSSR count). The van der Waals surface area contributed by atoms with Crippen LogP contribution in [0.3, 0.4) is 0 Å². The molecule has 1 aliphatic heterocycles. The number of aryl methyl sites for hydroxylation is 2. The number of aliphatic hydroxyl groups is 1. The minimum Gasteiger partial charge on any atom is -0.489 e. The van der Waals surface area contributed by atoms with Gasteiger partial charge >= 0.3 is 0 Å². The van der Waals surface area contributed by atoms with Crippen molar-refractivity contribution >= 4 is 17.5 Å². The van der Waals surface area contributed by atoms with Crippen LogP contribution in [0.5, 0.6) is 5.75 Å². The van der Waals surface area contributed by atoms with Crippen molar-refractivity contribution in [3.8, 4) is 5.75 Å². The van der Waals surface area contributed by atoms with Crippen LogP contribution in [0, 0.1) is 13.8 Å². The Hall–Kier alpha value is -2.11. The third-order valence-electron chi connectivity index (χ3n) is 4.91. The van der Waals surface area contributed by atoms with Gasteiger partial charge in [0.2, 0.25) is 0 Å². The van der Waals surface area contributed by atoms with Gasteiger partial charge in [0.25, 0.3) is 5.91 Å². The van der Waals surface area contributed by atoms with Crippen molar-refractivity contribution in [2.24, 2.45) is 0 Å². The van der Waals surface area contributed by atoms with E-state index in [9.17, 15) is 9.90 Å². The minimum absolute atomic E-state index is 0.0434. The number of likely N-dealkylation sites (tertiary alicyclic amines) is 1. The van der Waals surface area contributed by atoms with Gasteiger partial charge in [0.1, 0.15) is 18.0 Å². The van der Waals surface area contributed by atoms with Crippen LogP contribution in [-0.4, -0.2) is 46.2 Å². The zero-order valence-corrected chi connectivity index (χ0v) is 16.5. The average molecular weight is 389 g/mol. The molecule has 1 atom stereocenters. The summed E-state index contributed by atoms with van der Waals surface area (Å²) < 4.78 is 5.82. The van der Waals surface area contributed by atoms with Crippen molar-refractivity contribution < 1.29 is 14.6 Å². The highest BCUT2D eigenvalue weighted by atomic mass is 35.5. The van der Waals surface area contributed by atoms with Crippen molar-refractivity contribution in [2.45, 2.75) is 38.7 Å². The molecular formula is C21H25ClN2O3. The normalized spacial score (nSPS) is 20.2. The van der Waals surface area contributed by atoms with Gasteiger partial charge in [-0.3, -0.25) is 9.78 Å². The third kappa shape index (κ3) is 4.99. The lowest BCUT2D eigenvalue weighted by atomic mass is 9.96. The van der Waals surface area contributed by atoms with Crippen LogP contribution < -0.4 is 4.74 Å². The fraction of sp³-hybridized carbons (Fsp3) is 0.429. The molecule has 144 valence electrons. The van der Waals surface area contributed by atoms with Crippen molar-refractivity contribution in [2.75, 3.05) is 19.7 Å². The van der Waals surface area contributed by atoms with Crippen molar-refractivity contribution in [3.05, 3.63) is 58.4 Å². The second-order valence-electron chi connectivity index (χ2n) is 7.34. The van der Waals surface area contributed by atoms with Gasteiger partial charge in [-0.2, -0.15) is 0 Å². The summed E-state index contributed by atoms with van der Waals surface area (Å²) in [6, 6.07) is 7.41. The molecule has 1 aromatic heterocycles. The molecule has 1 saturated heterocycles. The molecule has 1 N–H and O–H groups in total. The molecule has 5 nitrogen and oxygen atoms in total. The van der Waals surface area contributed by atoms with Crippen LogP contribution in [0.1, 0.15) is 40.7 Å². The molecule has 0 saturated carbocycles. The zero-order chi connectivity index (χ0) is 19.4. The number of halogens is 1. The average Bonchev–Trinajstić information content (AvgIpc) is 2.84. The van der Waals surface area contributed by atoms with Gasteiger partial charge in [0, 0.05) is 25.5 Å². The maximum absolute atomic E-state index is 12.7. The highest BCUT2D eigenvalue weighted by Gasteiger charge is 2.33.